The third kappa shape index (κ3) is 3.87. The van der Waals surface area contributed by atoms with Gasteiger partial charge in [0.25, 0.3) is 0 Å². The first kappa shape index (κ1) is 16.5. The van der Waals surface area contributed by atoms with Crippen molar-refractivity contribution in [3.05, 3.63) is 24.2 Å². The third-order valence-corrected chi connectivity index (χ3v) is 6.54. The first-order chi connectivity index (χ1) is 9.95. The molecule has 120 valence electrons. The van der Waals surface area contributed by atoms with Crippen molar-refractivity contribution in [1.82, 2.24) is 9.62 Å². The smallest absolute Gasteiger partial charge is 0.216 e. The standard InChI is InChI=1S/C15H26N2O3S/c1-4-13-11-17(21(18,19)12(2)3)8-7-15(13)16-10-14-6-5-9-20-14/h5-6,9,12-13,15-16H,4,7-8,10-11H2,1-3H3/t13-,15-/m1/s1. The summed E-state index contributed by atoms with van der Waals surface area (Å²) < 4.78 is 31.6. The highest BCUT2D eigenvalue weighted by atomic mass is 32.2. The van der Waals surface area contributed by atoms with E-state index in [2.05, 4.69) is 12.2 Å². The maximum absolute atomic E-state index is 12.3. The molecule has 21 heavy (non-hydrogen) atoms. The van der Waals surface area contributed by atoms with Crippen LogP contribution in [0.2, 0.25) is 0 Å². The summed E-state index contributed by atoms with van der Waals surface area (Å²) in [6.45, 7) is 7.54. The minimum atomic E-state index is -3.14. The monoisotopic (exact) mass is 314 g/mol. The van der Waals surface area contributed by atoms with Gasteiger partial charge in [-0.1, -0.05) is 13.3 Å². The molecule has 0 amide bonds. The number of rotatable bonds is 6. The molecule has 5 nitrogen and oxygen atoms in total. The Kier molecular flexibility index (Phi) is 5.46. The second kappa shape index (κ2) is 6.94. The molecule has 1 aliphatic rings. The van der Waals surface area contributed by atoms with Crippen LogP contribution in [0, 0.1) is 5.92 Å². The summed E-state index contributed by atoms with van der Waals surface area (Å²) in [5, 5.41) is 3.17. The molecule has 6 heteroatoms. The van der Waals surface area contributed by atoms with Gasteiger partial charge in [-0.25, -0.2) is 12.7 Å². The van der Waals surface area contributed by atoms with E-state index in [1.165, 1.54) is 0 Å². The van der Waals surface area contributed by atoms with Crippen LogP contribution in [0.15, 0.2) is 22.8 Å². The molecule has 1 saturated heterocycles. The van der Waals surface area contributed by atoms with Crippen molar-refractivity contribution in [3.63, 3.8) is 0 Å². The molecule has 2 atom stereocenters. The molecule has 0 unspecified atom stereocenters. The molecule has 0 radical (unpaired) electrons. The maximum Gasteiger partial charge on any atom is 0.216 e. The van der Waals surface area contributed by atoms with Crippen molar-refractivity contribution >= 4 is 10.0 Å². The lowest BCUT2D eigenvalue weighted by Gasteiger charge is -2.38. The normalized spacial score (nSPS) is 24.6. The number of hydrogen-bond acceptors (Lipinski definition) is 4. The number of piperidine rings is 1. The van der Waals surface area contributed by atoms with Gasteiger partial charge in [0.05, 0.1) is 18.1 Å². The third-order valence-electron chi connectivity index (χ3n) is 4.30. The van der Waals surface area contributed by atoms with Gasteiger partial charge < -0.3 is 9.73 Å². The molecule has 0 aromatic carbocycles. The molecule has 0 aliphatic carbocycles. The molecule has 1 fully saturated rings. The van der Waals surface area contributed by atoms with Crippen LogP contribution in [0.1, 0.15) is 39.4 Å². The minimum Gasteiger partial charge on any atom is -0.468 e. The van der Waals surface area contributed by atoms with Gasteiger partial charge in [-0.15, -0.1) is 0 Å². The zero-order valence-corrected chi connectivity index (χ0v) is 13.9. The fraction of sp³-hybridized carbons (Fsp3) is 0.733. The van der Waals surface area contributed by atoms with Crippen molar-refractivity contribution in [1.29, 1.82) is 0 Å². The first-order valence-corrected chi connectivity index (χ1v) is 9.20. The van der Waals surface area contributed by atoms with Gasteiger partial charge >= 0.3 is 0 Å². The van der Waals surface area contributed by atoms with Crippen molar-refractivity contribution in [3.8, 4) is 0 Å². The summed E-state index contributed by atoms with van der Waals surface area (Å²) in [6.07, 6.45) is 3.50. The Balaban J connectivity index is 1.95. The van der Waals surface area contributed by atoms with E-state index in [0.717, 1.165) is 18.6 Å². The Hall–Kier alpha value is -0.850. The Labute approximate surface area is 127 Å². The molecule has 0 spiro atoms. The summed E-state index contributed by atoms with van der Waals surface area (Å²) in [5.74, 6) is 1.27. The van der Waals surface area contributed by atoms with Crippen LogP contribution < -0.4 is 5.32 Å². The minimum absolute atomic E-state index is 0.345. The van der Waals surface area contributed by atoms with E-state index < -0.39 is 10.0 Å². The fourth-order valence-electron chi connectivity index (χ4n) is 2.86. The highest BCUT2D eigenvalue weighted by Gasteiger charge is 2.35. The SMILES string of the molecule is CC[C@@H]1CN(S(=O)(=O)C(C)C)CC[C@H]1NCc1ccco1. The Morgan fingerprint density at radius 2 is 2.24 bits per heavy atom. The summed E-state index contributed by atoms with van der Waals surface area (Å²) in [7, 11) is -3.14. The zero-order valence-electron chi connectivity index (χ0n) is 13.1. The van der Waals surface area contributed by atoms with Gasteiger partial charge in [-0.3, -0.25) is 0 Å². The molecule has 1 aromatic rings. The fourth-order valence-corrected chi connectivity index (χ4v) is 4.21. The molecule has 0 saturated carbocycles. The molecule has 1 N–H and O–H groups in total. The van der Waals surface area contributed by atoms with Crippen molar-refractivity contribution in [2.45, 2.75) is 51.4 Å². The van der Waals surface area contributed by atoms with Crippen molar-refractivity contribution < 1.29 is 12.8 Å². The summed E-state index contributed by atoms with van der Waals surface area (Å²) in [5.41, 5.74) is 0. The predicted octanol–water partition coefficient (Wildman–Crippen LogP) is 2.21. The zero-order chi connectivity index (χ0) is 15.5. The summed E-state index contributed by atoms with van der Waals surface area (Å²) >= 11 is 0. The predicted molar refractivity (Wildman–Crippen MR) is 83.4 cm³/mol. The molecule has 1 aliphatic heterocycles. The van der Waals surface area contributed by atoms with Crippen molar-refractivity contribution in [2.75, 3.05) is 13.1 Å². The largest absolute Gasteiger partial charge is 0.468 e. The Morgan fingerprint density at radius 3 is 2.81 bits per heavy atom. The molecule has 0 bridgehead atoms. The average Bonchev–Trinajstić information content (AvgIpc) is 2.97. The Morgan fingerprint density at radius 1 is 1.48 bits per heavy atom. The maximum atomic E-state index is 12.3. The van der Waals surface area contributed by atoms with Crippen LogP contribution >= 0.6 is 0 Å². The second-order valence-corrected chi connectivity index (χ2v) is 8.46. The van der Waals surface area contributed by atoms with Gasteiger partial charge in [0.2, 0.25) is 10.0 Å². The lowest BCUT2D eigenvalue weighted by Crippen LogP contribution is -2.51. The van der Waals surface area contributed by atoms with E-state index in [9.17, 15) is 8.42 Å². The second-order valence-electron chi connectivity index (χ2n) is 5.98. The van der Waals surface area contributed by atoms with Gasteiger partial charge in [0, 0.05) is 19.1 Å². The van der Waals surface area contributed by atoms with E-state index in [4.69, 9.17) is 4.42 Å². The van der Waals surface area contributed by atoms with Crippen LogP contribution in [0.25, 0.3) is 0 Å². The molecular formula is C15H26N2O3S. The van der Waals surface area contributed by atoms with Crippen LogP contribution in [-0.4, -0.2) is 37.1 Å². The van der Waals surface area contributed by atoms with Gasteiger partial charge in [-0.2, -0.15) is 0 Å². The van der Waals surface area contributed by atoms with E-state index in [1.54, 1.807) is 24.4 Å². The van der Waals surface area contributed by atoms with Crippen LogP contribution in [0.4, 0.5) is 0 Å². The van der Waals surface area contributed by atoms with Gasteiger partial charge in [0.15, 0.2) is 0 Å². The van der Waals surface area contributed by atoms with Gasteiger partial charge in [-0.05, 0) is 38.3 Å². The number of hydrogen-bond donors (Lipinski definition) is 1. The molecule has 2 rings (SSSR count). The molecule has 1 aromatic heterocycles. The number of sulfonamides is 1. The van der Waals surface area contributed by atoms with E-state index in [1.807, 2.05) is 12.1 Å². The lowest BCUT2D eigenvalue weighted by atomic mass is 9.91. The summed E-state index contributed by atoms with van der Waals surface area (Å²) in [6, 6.07) is 4.18. The van der Waals surface area contributed by atoms with Crippen molar-refractivity contribution in [2.24, 2.45) is 5.92 Å². The topological polar surface area (TPSA) is 62.6 Å². The van der Waals surface area contributed by atoms with E-state index in [-0.39, 0.29) is 5.25 Å². The first-order valence-electron chi connectivity index (χ1n) is 7.69. The molecule has 2 heterocycles. The number of furan rings is 1. The number of nitrogens with zero attached hydrogens (tertiary/aromatic N) is 1. The number of nitrogens with one attached hydrogen (secondary N) is 1. The van der Waals surface area contributed by atoms with Crippen LogP contribution in [0.5, 0.6) is 0 Å². The van der Waals surface area contributed by atoms with Gasteiger partial charge in [0.1, 0.15) is 5.76 Å². The van der Waals surface area contributed by atoms with E-state index in [0.29, 0.717) is 31.6 Å². The average molecular weight is 314 g/mol. The lowest BCUT2D eigenvalue weighted by molar-refractivity contribution is 0.197. The highest BCUT2D eigenvalue weighted by Crippen LogP contribution is 2.24. The van der Waals surface area contributed by atoms with Crippen LogP contribution in [-0.2, 0) is 16.6 Å². The summed E-state index contributed by atoms with van der Waals surface area (Å²) in [4.78, 5) is 0. The quantitative estimate of drug-likeness (QED) is 0.874. The highest BCUT2D eigenvalue weighted by molar-refractivity contribution is 7.89. The Bertz CT molecular complexity index is 525. The van der Waals surface area contributed by atoms with E-state index >= 15 is 0 Å². The van der Waals surface area contributed by atoms with Crippen LogP contribution in [0.3, 0.4) is 0 Å². The molecular weight excluding hydrogens is 288 g/mol.